The van der Waals surface area contributed by atoms with Crippen molar-refractivity contribution in [3.05, 3.63) is 84.2 Å². The van der Waals surface area contributed by atoms with E-state index in [-0.39, 0.29) is 22.3 Å². The fourth-order valence-corrected chi connectivity index (χ4v) is 2.67. The standard InChI is InChI=1S/C22H17F3O2/c1-3-12-27-17-8-4-14(5-9-17)20(23)21(24)16-6-10-18-15(13-16)7-11-19(26-2)22(18)25/h3-11,13H,1,12H2,2H3. The van der Waals surface area contributed by atoms with Gasteiger partial charge in [0.05, 0.1) is 7.11 Å². The molecule has 0 saturated heterocycles. The van der Waals surface area contributed by atoms with Crippen LogP contribution in [0.25, 0.3) is 22.4 Å². The minimum atomic E-state index is -1.02. The molecule has 0 heterocycles. The smallest absolute Gasteiger partial charge is 0.172 e. The normalized spacial score (nSPS) is 11.9. The molecular formula is C22H17F3O2. The second-order valence-corrected chi connectivity index (χ2v) is 5.77. The van der Waals surface area contributed by atoms with Crippen LogP contribution in [-0.2, 0) is 0 Å². The zero-order valence-corrected chi connectivity index (χ0v) is 14.6. The molecule has 0 aromatic heterocycles. The molecule has 27 heavy (non-hydrogen) atoms. The van der Waals surface area contributed by atoms with Crippen LogP contribution in [0.5, 0.6) is 11.5 Å². The van der Waals surface area contributed by atoms with Crippen LogP contribution in [0.2, 0.25) is 0 Å². The van der Waals surface area contributed by atoms with Crippen molar-refractivity contribution in [2.24, 2.45) is 0 Å². The molecule has 0 aliphatic carbocycles. The number of hydrogen-bond acceptors (Lipinski definition) is 2. The molecule has 5 heteroatoms. The van der Waals surface area contributed by atoms with Gasteiger partial charge in [-0.15, -0.1) is 0 Å². The van der Waals surface area contributed by atoms with Crippen molar-refractivity contribution in [2.45, 2.75) is 0 Å². The molecule has 0 aliphatic rings. The average Bonchev–Trinajstić information content (AvgIpc) is 2.71. The minimum Gasteiger partial charge on any atom is -0.494 e. The second-order valence-electron chi connectivity index (χ2n) is 5.77. The quantitative estimate of drug-likeness (QED) is 0.373. The van der Waals surface area contributed by atoms with E-state index >= 15 is 0 Å². The highest BCUT2D eigenvalue weighted by Crippen LogP contribution is 2.33. The second kappa shape index (κ2) is 7.99. The largest absolute Gasteiger partial charge is 0.494 e. The van der Waals surface area contributed by atoms with E-state index in [1.165, 1.54) is 43.5 Å². The van der Waals surface area contributed by atoms with E-state index in [9.17, 15) is 13.2 Å². The molecule has 0 spiro atoms. The molecule has 0 amide bonds. The Kier molecular flexibility index (Phi) is 5.50. The first-order valence-electron chi connectivity index (χ1n) is 8.21. The SMILES string of the molecule is C=CCOc1ccc(C(F)=C(F)c2ccc3c(F)c(OC)ccc3c2)cc1. The minimum absolute atomic E-state index is 0.0246. The Labute approximate surface area is 155 Å². The van der Waals surface area contributed by atoms with Crippen LogP contribution < -0.4 is 9.47 Å². The summed E-state index contributed by atoms with van der Waals surface area (Å²) in [5.74, 6) is -1.94. The summed E-state index contributed by atoms with van der Waals surface area (Å²) in [6.07, 6.45) is 1.59. The molecule has 0 radical (unpaired) electrons. The Balaban J connectivity index is 1.95. The molecule has 0 saturated carbocycles. The molecule has 0 N–H and O–H groups in total. The summed E-state index contributed by atoms with van der Waals surface area (Å²) >= 11 is 0. The van der Waals surface area contributed by atoms with E-state index in [4.69, 9.17) is 9.47 Å². The molecule has 0 bridgehead atoms. The molecular weight excluding hydrogens is 353 g/mol. The Bertz CT molecular complexity index is 1010. The first kappa shape index (κ1) is 18.6. The average molecular weight is 370 g/mol. The summed E-state index contributed by atoms with van der Waals surface area (Å²) in [4.78, 5) is 0. The van der Waals surface area contributed by atoms with Gasteiger partial charge in [0.25, 0.3) is 0 Å². The van der Waals surface area contributed by atoms with E-state index in [2.05, 4.69) is 6.58 Å². The Morgan fingerprint density at radius 1 is 0.963 bits per heavy atom. The van der Waals surface area contributed by atoms with Gasteiger partial charge in [0, 0.05) is 16.5 Å². The Hall–Kier alpha value is -3.21. The highest BCUT2D eigenvalue weighted by atomic mass is 19.2. The number of fused-ring (bicyclic) bond motifs is 1. The number of hydrogen-bond donors (Lipinski definition) is 0. The lowest BCUT2D eigenvalue weighted by Gasteiger charge is -2.08. The molecule has 138 valence electrons. The van der Waals surface area contributed by atoms with Gasteiger partial charge in [0.1, 0.15) is 12.4 Å². The van der Waals surface area contributed by atoms with E-state index in [0.717, 1.165) is 0 Å². The molecule has 0 aliphatic heterocycles. The van der Waals surface area contributed by atoms with Crippen LogP contribution in [-0.4, -0.2) is 13.7 Å². The number of benzene rings is 3. The third-order valence-electron chi connectivity index (χ3n) is 4.06. The monoisotopic (exact) mass is 370 g/mol. The third-order valence-corrected chi connectivity index (χ3v) is 4.06. The number of ether oxygens (including phenoxy) is 2. The molecule has 3 aromatic carbocycles. The lowest BCUT2D eigenvalue weighted by atomic mass is 10.0. The molecule has 3 aromatic rings. The van der Waals surface area contributed by atoms with Gasteiger partial charge in [-0.3, -0.25) is 0 Å². The van der Waals surface area contributed by atoms with Crippen molar-refractivity contribution in [3.8, 4) is 11.5 Å². The first-order chi connectivity index (χ1) is 13.0. The van der Waals surface area contributed by atoms with Crippen molar-refractivity contribution in [1.82, 2.24) is 0 Å². The lowest BCUT2D eigenvalue weighted by molar-refractivity contribution is 0.363. The summed E-state index contributed by atoms with van der Waals surface area (Å²) in [7, 11) is 1.37. The van der Waals surface area contributed by atoms with E-state index < -0.39 is 17.5 Å². The van der Waals surface area contributed by atoms with Gasteiger partial charge in [-0.05, 0) is 41.8 Å². The van der Waals surface area contributed by atoms with Gasteiger partial charge in [-0.2, -0.15) is 0 Å². The highest BCUT2D eigenvalue weighted by molar-refractivity contribution is 5.91. The van der Waals surface area contributed by atoms with Crippen molar-refractivity contribution in [2.75, 3.05) is 13.7 Å². The lowest BCUT2D eigenvalue weighted by Crippen LogP contribution is -1.93. The maximum atomic E-state index is 14.6. The topological polar surface area (TPSA) is 18.5 Å². The number of rotatable bonds is 6. The fourth-order valence-electron chi connectivity index (χ4n) is 2.67. The van der Waals surface area contributed by atoms with Crippen LogP contribution in [0.3, 0.4) is 0 Å². The van der Waals surface area contributed by atoms with Crippen LogP contribution in [0.15, 0.2) is 67.3 Å². The summed E-state index contributed by atoms with van der Waals surface area (Å²) < 4.78 is 53.7. The Morgan fingerprint density at radius 3 is 2.30 bits per heavy atom. The molecule has 2 nitrogen and oxygen atoms in total. The zero-order chi connectivity index (χ0) is 19.4. The van der Waals surface area contributed by atoms with Gasteiger partial charge in [0.2, 0.25) is 0 Å². The summed E-state index contributed by atoms with van der Waals surface area (Å²) in [6.45, 7) is 3.87. The van der Waals surface area contributed by atoms with Crippen LogP contribution in [0, 0.1) is 5.82 Å². The molecule has 0 unspecified atom stereocenters. The molecule has 0 atom stereocenters. The highest BCUT2D eigenvalue weighted by Gasteiger charge is 2.14. The Morgan fingerprint density at radius 2 is 1.63 bits per heavy atom. The summed E-state index contributed by atoms with van der Waals surface area (Å²) in [6, 6.07) is 13.1. The van der Waals surface area contributed by atoms with E-state index in [1.807, 2.05) is 0 Å². The van der Waals surface area contributed by atoms with Crippen LogP contribution >= 0.6 is 0 Å². The van der Waals surface area contributed by atoms with Crippen molar-refractivity contribution in [1.29, 1.82) is 0 Å². The van der Waals surface area contributed by atoms with E-state index in [0.29, 0.717) is 17.7 Å². The zero-order valence-electron chi connectivity index (χ0n) is 14.6. The van der Waals surface area contributed by atoms with Gasteiger partial charge in [-0.1, -0.05) is 30.9 Å². The number of halogens is 3. The van der Waals surface area contributed by atoms with Crippen LogP contribution in [0.4, 0.5) is 13.2 Å². The maximum Gasteiger partial charge on any atom is 0.172 e. The first-order valence-corrected chi connectivity index (χ1v) is 8.21. The van der Waals surface area contributed by atoms with Gasteiger partial charge >= 0.3 is 0 Å². The van der Waals surface area contributed by atoms with E-state index in [1.54, 1.807) is 24.3 Å². The van der Waals surface area contributed by atoms with Crippen LogP contribution in [0.1, 0.15) is 11.1 Å². The van der Waals surface area contributed by atoms with Crippen molar-refractivity contribution < 1.29 is 22.6 Å². The number of methoxy groups -OCH3 is 1. The predicted octanol–water partition coefficient (Wildman–Crippen LogP) is 6.32. The van der Waals surface area contributed by atoms with Crippen molar-refractivity contribution >= 4 is 22.4 Å². The fraction of sp³-hybridized carbons (Fsp3) is 0.0909. The van der Waals surface area contributed by atoms with Gasteiger partial charge in [-0.25, -0.2) is 13.2 Å². The predicted molar refractivity (Wildman–Crippen MR) is 102 cm³/mol. The van der Waals surface area contributed by atoms with Gasteiger partial charge < -0.3 is 9.47 Å². The molecule has 3 rings (SSSR count). The van der Waals surface area contributed by atoms with Gasteiger partial charge in [0.15, 0.2) is 23.2 Å². The summed E-state index contributed by atoms with van der Waals surface area (Å²) in [5.41, 5.74) is 0.107. The third kappa shape index (κ3) is 3.82. The maximum absolute atomic E-state index is 14.6. The summed E-state index contributed by atoms with van der Waals surface area (Å²) in [5, 5.41) is 0.719. The van der Waals surface area contributed by atoms with Crippen molar-refractivity contribution in [3.63, 3.8) is 0 Å². The molecule has 0 fully saturated rings.